The number of aromatic nitrogens is 6. The molecule has 0 radical (unpaired) electrons. The zero-order valence-corrected chi connectivity index (χ0v) is 68.7. The minimum absolute atomic E-state index is 0.00694. The van der Waals surface area contributed by atoms with Crippen LogP contribution < -0.4 is 14.2 Å². The van der Waals surface area contributed by atoms with E-state index in [1.54, 1.807) is 45.4 Å². The molecule has 1 aliphatic carbocycles. The summed E-state index contributed by atoms with van der Waals surface area (Å²) < 4.78 is 108. The Labute approximate surface area is 603 Å². The fourth-order valence-electron chi connectivity index (χ4n) is 7.79. The Hall–Kier alpha value is -5.17. The fourth-order valence-corrected chi connectivity index (χ4v) is 10.7. The van der Waals surface area contributed by atoms with Gasteiger partial charge in [0.15, 0.2) is 0 Å². The molecule has 1 saturated carbocycles. The topological polar surface area (TPSA) is 237 Å². The van der Waals surface area contributed by atoms with Gasteiger partial charge in [-0.1, -0.05) is 51.1 Å². The molecule has 6 aromatic rings. The minimum Gasteiger partial charge on any atom is -0.488 e. The summed E-state index contributed by atoms with van der Waals surface area (Å²) in [5.41, 5.74) is 5.02. The first-order valence-electron chi connectivity index (χ1n) is 34.3. The van der Waals surface area contributed by atoms with Crippen LogP contribution in [0.25, 0.3) is 11.0 Å². The van der Waals surface area contributed by atoms with Crippen LogP contribution in [0.15, 0.2) is 110 Å². The number of imidazole rings is 1. The molecule has 0 bridgehead atoms. The van der Waals surface area contributed by atoms with Crippen molar-refractivity contribution in [1.29, 1.82) is 0 Å². The van der Waals surface area contributed by atoms with E-state index in [9.17, 15) is 25.8 Å². The van der Waals surface area contributed by atoms with Crippen molar-refractivity contribution in [3.05, 3.63) is 144 Å². The third-order valence-electron chi connectivity index (χ3n) is 13.3. The van der Waals surface area contributed by atoms with E-state index in [1.807, 2.05) is 166 Å². The molecule has 4 aromatic heterocycles. The number of likely N-dealkylation sites (N-methyl/N-ethyl adjacent to an activating group) is 1. The first kappa shape index (κ1) is 92.8. The molecular weight excluding hydrogens is 1330 g/mol. The average molecular weight is 1460 g/mol. The van der Waals surface area contributed by atoms with E-state index in [4.69, 9.17) is 28.4 Å². The van der Waals surface area contributed by atoms with E-state index < -0.39 is 27.2 Å². The second kappa shape index (κ2) is 41.4. The lowest BCUT2D eigenvalue weighted by Gasteiger charge is -2.29. The van der Waals surface area contributed by atoms with Gasteiger partial charge in [-0.05, 0) is 245 Å². The number of sulfonamides is 2. The molecule has 0 spiro atoms. The lowest BCUT2D eigenvalue weighted by atomic mass is 9.99. The van der Waals surface area contributed by atoms with Gasteiger partial charge in [-0.2, -0.15) is 0 Å². The standard InChI is InChI=1S/C14H21NO.C13H18N2O.C11H16FNO2.C10H16N2O.C10H15NO.C7H15NO2S.C6H15OP.C5H13NO2S/c1-14(2,3)16-13-7-5-6-11-10-15(4)9-8-12(11)13;1-13(2,3)16-9-8-15-10-14-11-6-4-5-7-12(11)15;1-11(2,3)15-8-14-7-10-9(12)5-4-6-13-10;1-10(2,3)13-8-5-9-11-6-4-7-12-9;1-10(2,3)12-8-9-6-4-5-7-11-9;1-7(2,3)8-11(9,10)6-4-5-6;1-6(2,3)8(4,5)7;1-5(2,3)6-9(4,7)8/h5-7H,8-10H2,1-4H3;4-7,10H,8-9H2,1-3H3;4-6H,7-8H2,1-3H3;4,6-7H,5,8H2,1-3H3;4-7H,8H2,1-3H3;6,8H,4-5H2,1-3H3;1-5H3;6H,1-4H3. The summed E-state index contributed by atoms with van der Waals surface area (Å²) in [7, 11) is -5.71. The van der Waals surface area contributed by atoms with Crippen LogP contribution in [0.5, 0.6) is 5.75 Å². The van der Waals surface area contributed by atoms with Gasteiger partial charge in [0.25, 0.3) is 0 Å². The number of nitrogens with one attached hydrogen (secondary N) is 2. The van der Waals surface area contributed by atoms with Gasteiger partial charge in [-0.15, -0.1) is 0 Å². The van der Waals surface area contributed by atoms with Gasteiger partial charge < -0.3 is 42.5 Å². The number of pyridine rings is 2. The van der Waals surface area contributed by atoms with Crippen LogP contribution in [0, 0.1) is 5.82 Å². The average Bonchev–Trinajstić information content (AvgIpc) is 1.29. The van der Waals surface area contributed by atoms with Crippen LogP contribution in [0.3, 0.4) is 0 Å². The maximum absolute atomic E-state index is 13.1. The molecule has 0 unspecified atom stereocenters. The van der Waals surface area contributed by atoms with Crippen molar-refractivity contribution in [2.24, 2.45) is 0 Å². The second-order valence-corrected chi connectivity index (χ2v) is 40.7. The third kappa shape index (κ3) is 47.9. The van der Waals surface area contributed by atoms with Crippen LogP contribution in [-0.2, 0) is 87.4 Å². The highest BCUT2D eigenvalue weighted by atomic mass is 32.2. The molecule has 0 atom stereocenters. The first-order chi connectivity index (χ1) is 45.4. The molecule has 0 amide bonds. The summed E-state index contributed by atoms with van der Waals surface area (Å²) in [5, 5.41) is -0.116. The van der Waals surface area contributed by atoms with Gasteiger partial charge >= 0.3 is 0 Å². The van der Waals surface area contributed by atoms with E-state index in [-0.39, 0.29) is 68.7 Å². The second-order valence-electron chi connectivity index (χ2n) is 33.0. The van der Waals surface area contributed by atoms with Crippen LogP contribution in [-0.4, -0.2) is 154 Å². The summed E-state index contributed by atoms with van der Waals surface area (Å²) in [5.74, 6) is 1.55. The van der Waals surface area contributed by atoms with Crippen LogP contribution in [0.4, 0.5) is 4.39 Å². The Bertz CT molecular complexity index is 3540. The molecule has 24 heteroatoms. The monoisotopic (exact) mass is 1460 g/mol. The van der Waals surface area contributed by atoms with Crippen molar-refractivity contribution >= 4 is 38.2 Å². The predicted octanol–water partition coefficient (Wildman–Crippen LogP) is 16.1. The minimum atomic E-state index is -3.03. The largest absolute Gasteiger partial charge is 0.488 e. The van der Waals surface area contributed by atoms with Gasteiger partial charge in [-0.25, -0.2) is 45.6 Å². The Kier molecular flexibility index (Phi) is 38.4. The van der Waals surface area contributed by atoms with Crippen molar-refractivity contribution in [3.63, 3.8) is 0 Å². The number of fused-ring (bicyclic) bond motifs is 2. The van der Waals surface area contributed by atoms with Crippen LogP contribution >= 0.6 is 7.14 Å². The molecule has 5 heterocycles. The first-order valence-corrected chi connectivity index (χ1v) is 40.3. The highest BCUT2D eigenvalue weighted by Gasteiger charge is 2.37. The lowest BCUT2D eigenvalue weighted by molar-refractivity contribution is -0.126. The summed E-state index contributed by atoms with van der Waals surface area (Å²) in [6, 6.07) is 25.1. The van der Waals surface area contributed by atoms with Crippen molar-refractivity contribution in [3.8, 4) is 5.75 Å². The normalized spacial score (nSPS) is 13.9. The van der Waals surface area contributed by atoms with Crippen molar-refractivity contribution in [2.75, 3.05) is 53.2 Å². The smallest absolute Gasteiger partial charge is 0.214 e. The molecule has 0 saturated heterocycles. The molecular formula is C76H129FN9O11PS2. The molecule has 20 nitrogen and oxygen atoms in total. The van der Waals surface area contributed by atoms with Gasteiger partial charge in [0.2, 0.25) is 20.0 Å². The maximum Gasteiger partial charge on any atom is 0.214 e. The number of hydrogen-bond donors (Lipinski definition) is 2. The maximum atomic E-state index is 13.1. The molecule has 2 aliphatic rings. The van der Waals surface area contributed by atoms with E-state index in [0.29, 0.717) is 25.5 Å². The summed E-state index contributed by atoms with van der Waals surface area (Å²) in [6.45, 7) is 56.4. The number of para-hydroxylation sites is 2. The number of nitrogens with zero attached hydrogens (tertiary/aromatic N) is 7. The number of ether oxygens (including phenoxy) is 6. The van der Waals surface area contributed by atoms with E-state index >= 15 is 0 Å². The quantitative estimate of drug-likeness (QED) is 0.0520. The SMILES string of the molecule is CC(C)(C)NS(=O)(=O)C1CC1.CC(C)(C)NS(C)(=O)=O.CC(C)(C)OCCc1ncccn1.CC(C)(C)OCCn1cnc2ccccc21.CC(C)(C)OCOCc1ncccc1F.CC(C)(C)OCc1ccccn1.CC(C)(C)P(C)(C)=O.CN1CCc2c(cccc2OC(C)(C)C)C1. The highest BCUT2D eigenvalue weighted by Crippen LogP contribution is 2.50. The summed E-state index contributed by atoms with van der Waals surface area (Å²) in [4.78, 5) is 22.9. The van der Waals surface area contributed by atoms with Crippen molar-refractivity contribution in [1.82, 2.24) is 43.8 Å². The number of hydrogen-bond acceptors (Lipinski definition) is 17. The molecule has 2 N–H and O–H groups in total. The zero-order valence-electron chi connectivity index (χ0n) is 66.2. The Morgan fingerprint density at radius 1 is 0.580 bits per heavy atom. The third-order valence-corrected chi connectivity index (χ3v) is 19.7. The molecule has 100 heavy (non-hydrogen) atoms. The van der Waals surface area contributed by atoms with Crippen LogP contribution in [0.2, 0.25) is 0 Å². The van der Waals surface area contributed by atoms with E-state index in [0.717, 1.165) is 74.4 Å². The zero-order chi connectivity index (χ0) is 76.8. The molecule has 8 rings (SSSR count). The summed E-state index contributed by atoms with van der Waals surface area (Å²) >= 11 is 0. The van der Waals surface area contributed by atoms with Gasteiger partial charge in [0.05, 0.1) is 90.5 Å². The fraction of sp³-hybridized carbons (Fsp3) is 0.645. The highest BCUT2D eigenvalue weighted by molar-refractivity contribution is 7.90. The van der Waals surface area contributed by atoms with Crippen molar-refractivity contribution < 1.29 is 54.2 Å². The number of rotatable bonds is 16. The van der Waals surface area contributed by atoms with Crippen molar-refractivity contribution in [2.45, 2.75) is 268 Å². The number of benzene rings is 2. The van der Waals surface area contributed by atoms with Crippen LogP contribution in [0.1, 0.15) is 207 Å². The number of halogens is 1. The van der Waals surface area contributed by atoms with Gasteiger partial charge in [-0.3, -0.25) is 9.97 Å². The molecule has 1 aliphatic heterocycles. The van der Waals surface area contributed by atoms with Gasteiger partial charge in [0, 0.05) is 67.1 Å². The van der Waals surface area contributed by atoms with E-state index in [2.05, 4.69) is 117 Å². The molecule has 568 valence electrons. The molecule has 2 aromatic carbocycles. The van der Waals surface area contributed by atoms with E-state index in [1.165, 1.54) is 28.9 Å². The Morgan fingerprint density at radius 3 is 1.59 bits per heavy atom. The Balaban J connectivity index is 0.000000577. The lowest BCUT2D eigenvalue weighted by Crippen LogP contribution is -2.42. The predicted molar refractivity (Wildman–Crippen MR) is 409 cm³/mol. The summed E-state index contributed by atoms with van der Waals surface area (Å²) in [6.07, 6.45) is 13.4. The molecule has 1 fully saturated rings. The Morgan fingerprint density at radius 2 is 1.11 bits per heavy atom. The van der Waals surface area contributed by atoms with Gasteiger partial charge in [0.1, 0.15) is 35.5 Å².